The van der Waals surface area contributed by atoms with Crippen molar-refractivity contribution in [2.24, 2.45) is 0 Å². The summed E-state index contributed by atoms with van der Waals surface area (Å²) in [5.41, 5.74) is 8.25. The Morgan fingerprint density at radius 3 is 2.50 bits per heavy atom. The van der Waals surface area contributed by atoms with Gasteiger partial charge in [0.25, 0.3) is 0 Å². The van der Waals surface area contributed by atoms with Gasteiger partial charge in [-0.25, -0.2) is 4.79 Å². The number of hydrogen-bond acceptors (Lipinski definition) is 5. The normalized spacial score (nSPS) is 16.2. The first kappa shape index (κ1) is 14.7. The Morgan fingerprint density at radius 2 is 1.95 bits per heavy atom. The maximum absolute atomic E-state index is 11.7. The summed E-state index contributed by atoms with van der Waals surface area (Å²) in [6.45, 7) is 9.48. The second kappa shape index (κ2) is 6.61. The standard InChI is InChI=1S/C15H23N3O2/c1-3-17-7-9-18(10-8-17)14-6-5-12(11-13(14)16)15(19)20-4-2/h5-6,11H,3-4,7-10,16H2,1-2H3. The summed E-state index contributed by atoms with van der Waals surface area (Å²) in [5.74, 6) is -0.318. The summed E-state index contributed by atoms with van der Waals surface area (Å²) in [4.78, 5) is 16.4. The fraction of sp³-hybridized carbons (Fsp3) is 0.533. The van der Waals surface area contributed by atoms with Gasteiger partial charge in [-0.15, -0.1) is 0 Å². The molecule has 5 heteroatoms. The van der Waals surface area contributed by atoms with Gasteiger partial charge >= 0.3 is 5.97 Å². The molecule has 1 aromatic carbocycles. The van der Waals surface area contributed by atoms with E-state index in [1.54, 1.807) is 19.1 Å². The van der Waals surface area contributed by atoms with Crippen molar-refractivity contribution in [2.75, 3.05) is 50.0 Å². The molecule has 20 heavy (non-hydrogen) atoms. The van der Waals surface area contributed by atoms with Crippen LogP contribution in [0.1, 0.15) is 24.2 Å². The van der Waals surface area contributed by atoms with Crippen LogP contribution in [0, 0.1) is 0 Å². The van der Waals surface area contributed by atoms with Crippen molar-refractivity contribution in [3.8, 4) is 0 Å². The van der Waals surface area contributed by atoms with Crippen LogP contribution in [-0.4, -0.2) is 50.2 Å². The van der Waals surface area contributed by atoms with Crippen molar-refractivity contribution in [3.63, 3.8) is 0 Å². The van der Waals surface area contributed by atoms with Gasteiger partial charge in [-0.05, 0) is 31.7 Å². The van der Waals surface area contributed by atoms with E-state index in [2.05, 4.69) is 16.7 Å². The number of carbonyl (C=O) groups is 1. The summed E-state index contributed by atoms with van der Waals surface area (Å²) in [5, 5.41) is 0. The Kier molecular flexibility index (Phi) is 4.84. The molecule has 1 aliphatic rings. The maximum Gasteiger partial charge on any atom is 0.338 e. The summed E-state index contributed by atoms with van der Waals surface area (Å²) in [6.07, 6.45) is 0. The number of esters is 1. The van der Waals surface area contributed by atoms with Crippen molar-refractivity contribution >= 4 is 17.3 Å². The fourth-order valence-corrected chi connectivity index (χ4v) is 2.49. The summed E-state index contributed by atoms with van der Waals surface area (Å²) >= 11 is 0. The molecule has 0 amide bonds. The molecule has 2 N–H and O–H groups in total. The van der Waals surface area contributed by atoms with Gasteiger partial charge in [-0.2, -0.15) is 0 Å². The molecule has 0 aliphatic carbocycles. The van der Waals surface area contributed by atoms with Gasteiger partial charge in [0.1, 0.15) is 0 Å². The smallest absolute Gasteiger partial charge is 0.338 e. The van der Waals surface area contributed by atoms with E-state index in [9.17, 15) is 4.79 Å². The Balaban J connectivity index is 2.08. The Bertz CT molecular complexity index is 468. The van der Waals surface area contributed by atoms with E-state index in [4.69, 9.17) is 10.5 Å². The lowest BCUT2D eigenvalue weighted by atomic mass is 10.1. The Hall–Kier alpha value is -1.75. The third-order valence-electron chi connectivity index (χ3n) is 3.70. The lowest BCUT2D eigenvalue weighted by Crippen LogP contribution is -2.46. The number of nitrogen functional groups attached to an aromatic ring is 1. The second-order valence-corrected chi connectivity index (χ2v) is 4.92. The fourth-order valence-electron chi connectivity index (χ4n) is 2.49. The Labute approximate surface area is 120 Å². The lowest BCUT2D eigenvalue weighted by molar-refractivity contribution is 0.0526. The molecule has 110 valence electrons. The molecule has 0 saturated carbocycles. The average Bonchev–Trinajstić information content (AvgIpc) is 2.47. The van der Waals surface area contributed by atoms with E-state index in [-0.39, 0.29) is 5.97 Å². The monoisotopic (exact) mass is 277 g/mol. The molecule has 0 bridgehead atoms. The van der Waals surface area contributed by atoms with Crippen molar-refractivity contribution in [2.45, 2.75) is 13.8 Å². The molecule has 1 aliphatic heterocycles. The minimum Gasteiger partial charge on any atom is -0.462 e. The number of anilines is 2. The van der Waals surface area contributed by atoms with Crippen LogP contribution >= 0.6 is 0 Å². The molecule has 0 atom stereocenters. The van der Waals surface area contributed by atoms with Gasteiger partial charge in [0.05, 0.1) is 23.5 Å². The molecular weight excluding hydrogens is 254 g/mol. The summed E-state index contributed by atoms with van der Waals surface area (Å²) in [6, 6.07) is 5.42. The number of carbonyl (C=O) groups excluding carboxylic acids is 1. The first-order valence-corrected chi connectivity index (χ1v) is 7.19. The average molecular weight is 277 g/mol. The van der Waals surface area contributed by atoms with Crippen LogP contribution in [0.15, 0.2) is 18.2 Å². The highest BCUT2D eigenvalue weighted by molar-refractivity contribution is 5.92. The van der Waals surface area contributed by atoms with Crippen LogP contribution in [0.3, 0.4) is 0 Å². The third-order valence-corrected chi connectivity index (χ3v) is 3.70. The highest BCUT2D eigenvalue weighted by Crippen LogP contribution is 2.25. The molecule has 0 aromatic heterocycles. The van der Waals surface area contributed by atoms with E-state index < -0.39 is 0 Å². The van der Waals surface area contributed by atoms with Crippen LogP contribution in [0.25, 0.3) is 0 Å². The Morgan fingerprint density at radius 1 is 1.25 bits per heavy atom. The van der Waals surface area contributed by atoms with Crippen molar-refractivity contribution in [1.29, 1.82) is 0 Å². The molecular formula is C15H23N3O2. The highest BCUT2D eigenvalue weighted by Gasteiger charge is 2.18. The number of rotatable bonds is 4. The van der Waals surface area contributed by atoms with E-state index >= 15 is 0 Å². The molecule has 2 rings (SSSR count). The van der Waals surface area contributed by atoms with Gasteiger partial charge in [0.15, 0.2) is 0 Å². The highest BCUT2D eigenvalue weighted by atomic mass is 16.5. The van der Waals surface area contributed by atoms with Crippen LogP contribution in [0.4, 0.5) is 11.4 Å². The van der Waals surface area contributed by atoms with Gasteiger partial charge in [-0.1, -0.05) is 6.92 Å². The van der Waals surface area contributed by atoms with Crippen molar-refractivity contribution in [3.05, 3.63) is 23.8 Å². The number of hydrogen-bond donors (Lipinski definition) is 1. The summed E-state index contributed by atoms with van der Waals surface area (Å²) < 4.78 is 4.98. The number of benzene rings is 1. The van der Waals surface area contributed by atoms with Crippen LogP contribution in [0.5, 0.6) is 0 Å². The van der Waals surface area contributed by atoms with Crippen molar-refractivity contribution < 1.29 is 9.53 Å². The van der Waals surface area contributed by atoms with Crippen LogP contribution < -0.4 is 10.6 Å². The molecule has 0 unspecified atom stereocenters. The number of ether oxygens (including phenoxy) is 1. The number of nitrogens with zero attached hydrogens (tertiary/aromatic N) is 2. The predicted molar refractivity (Wildman–Crippen MR) is 81.1 cm³/mol. The minimum atomic E-state index is -0.318. The molecule has 1 aromatic rings. The zero-order valence-electron chi connectivity index (χ0n) is 12.3. The van der Waals surface area contributed by atoms with Gasteiger partial charge < -0.3 is 20.3 Å². The molecule has 0 spiro atoms. The molecule has 1 fully saturated rings. The largest absolute Gasteiger partial charge is 0.462 e. The molecule has 1 saturated heterocycles. The second-order valence-electron chi connectivity index (χ2n) is 4.92. The molecule has 1 heterocycles. The van der Waals surface area contributed by atoms with Gasteiger partial charge in [-0.3, -0.25) is 0 Å². The molecule has 5 nitrogen and oxygen atoms in total. The molecule has 0 radical (unpaired) electrons. The van der Waals surface area contributed by atoms with E-state index in [1.165, 1.54) is 0 Å². The lowest BCUT2D eigenvalue weighted by Gasteiger charge is -2.36. The SMILES string of the molecule is CCOC(=O)c1ccc(N2CCN(CC)CC2)c(N)c1. The number of nitrogens with two attached hydrogens (primary N) is 1. The van der Waals surface area contributed by atoms with Gasteiger partial charge in [0, 0.05) is 26.2 Å². The first-order chi connectivity index (χ1) is 9.65. The minimum absolute atomic E-state index is 0.318. The first-order valence-electron chi connectivity index (χ1n) is 7.19. The van der Waals surface area contributed by atoms with E-state index in [1.807, 2.05) is 6.07 Å². The zero-order chi connectivity index (χ0) is 14.5. The maximum atomic E-state index is 11.7. The third kappa shape index (κ3) is 3.22. The van der Waals surface area contributed by atoms with Crippen LogP contribution in [-0.2, 0) is 4.74 Å². The van der Waals surface area contributed by atoms with Crippen LogP contribution in [0.2, 0.25) is 0 Å². The topological polar surface area (TPSA) is 58.8 Å². The quantitative estimate of drug-likeness (QED) is 0.669. The van der Waals surface area contributed by atoms with E-state index in [0.717, 1.165) is 38.4 Å². The number of piperazine rings is 1. The van der Waals surface area contributed by atoms with Gasteiger partial charge in [0.2, 0.25) is 0 Å². The summed E-state index contributed by atoms with van der Waals surface area (Å²) in [7, 11) is 0. The predicted octanol–water partition coefficient (Wildman–Crippen LogP) is 1.59. The van der Waals surface area contributed by atoms with Crippen molar-refractivity contribution in [1.82, 2.24) is 4.90 Å². The number of likely N-dealkylation sites (N-methyl/N-ethyl adjacent to an activating group) is 1. The van der Waals surface area contributed by atoms with E-state index in [0.29, 0.717) is 17.9 Å². The zero-order valence-corrected chi connectivity index (χ0v) is 12.3.